The third kappa shape index (κ3) is 5.31. The Balaban J connectivity index is 1.79. The quantitative estimate of drug-likeness (QED) is 0.353. The second-order valence-corrected chi connectivity index (χ2v) is 7.74. The summed E-state index contributed by atoms with van der Waals surface area (Å²) in [6, 6.07) is 35.1. The maximum atomic E-state index is 17.3. The van der Waals surface area contributed by atoms with Crippen LogP contribution in [0.2, 0.25) is 0 Å². The monoisotopic (exact) mass is 435 g/mol. The summed E-state index contributed by atoms with van der Waals surface area (Å²) in [7, 11) is 1.62. The molecular formula is C30H26FNO. The van der Waals surface area contributed by atoms with E-state index in [1.165, 1.54) is 0 Å². The van der Waals surface area contributed by atoms with Crippen molar-refractivity contribution in [3.63, 3.8) is 0 Å². The van der Waals surface area contributed by atoms with Gasteiger partial charge in [0.15, 0.2) is 5.67 Å². The molecule has 1 N–H and O–H groups in total. The Kier molecular flexibility index (Phi) is 7.19. The molecule has 0 aromatic heterocycles. The van der Waals surface area contributed by atoms with Gasteiger partial charge in [0.05, 0.1) is 7.11 Å². The third-order valence-corrected chi connectivity index (χ3v) is 5.57. The van der Waals surface area contributed by atoms with Crippen molar-refractivity contribution in [3.05, 3.63) is 138 Å². The number of nitrogens with one attached hydrogen (secondary N) is 1. The Morgan fingerprint density at radius 1 is 0.788 bits per heavy atom. The average Bonchev–Trinajstić information content (AvgIpc) is 2.90. The summed E-state index contributed by atoms with van der Waals surface area (Å²) in [5.41, 5.74) is 1.09. The van der Waals surface area contributed by atoms with Crippen molar-refractivity contribution in [1.82, 2.24) is 5.32 Å². The lowest BCUT2D eigenvalue weighted by Crippen LogP contribution is -2.45. The molecule has 1 unspecified atom stereocenters. The minimum Gasteiger partial charge on any atom is -0.497 e. The van der Waals surface area contributed by atoms with Gasteiger partial charge in [0, 0.05) is 12.1 Å². The van der Waals surface area contributed by atoms with E-state index in [-0.39, 0.29) is 0 Å². The van der Waals surface area contributed by atoms with Crippen LogP contribution in [-0.4, -0.2) is 13.2 Å². The highest BCUT2D eigenvalue weighted by Gasteiger charge is 2.42. The summed E-state index contributed by atoms with van der Waals surface area (Å²) in [5, 5.41) is 3.39. The van der Waals surface area contributed by atoms with Crippen LogP contribution in [0.25, 0.3) is 0 Å². The predicted molar refractivity (Wildman–Crippen MR) is 132 cm³/mol. The summed E-state index contributed by atoms with van der Waals surface area (Å²) < 4.78 is 22.6. The summed E-state index contributed by atoms with van der Waals surface area (Å²) in [5.74, 6) is 7.09. The summed E-state index contributed by atoms with van der Waals surface area (Å²) in [4.78, 5) is 0. The molecule has 0 radical (unpaired) electrons. The highest BCUT2D eigenvalue weighted by atomic mass is 19.1. The first-order valence-electron chi connectivity index (χ1n) is 10.9. The van der Waals surface area contributed by atoms with E-state index in [4.69, 9.17) is 4.74 Å². The molecule has 3 heteroatoms. The van der Waals surface area contributed by atoms with Gasteiger partial charge in [-0.25, -0.2) is 4.39 Å². The molecule has 0 saturated heterocycles. The molecular weight excluding hydrogens is 409 g/mol. The van der Waals surface area contributed by atoms with E-state index in [2.05, 4.69) is 17.2 Å². The Morgan fingerprint density at radius 3 is 1.94 bits per heavy atom. The lowest BCUT2D eigenvalue weighted by Gasteiger charge is -2.32. The van der Waals surface area contributed by atoms with Crippen molar-refractivity contribution in [2.24, 2.45) is 0 Å². The molecule has 0 amide bonds. The van der Waals surface area contributed by atoms with Gasteiger partial charge in [-0.05, 0) is 34.9 Å². The average molecular weight is 436 g/mol. The zero-order valence-corrected chi connectivity index (χ0v) is 18.5. The lowest BCUT2D eigenvalue weighted by atomic mass is 9.81. The number of alkyl halides is 1. The number of benzene rings is 4. The zero-order chi connectivity index (χ0) is 22.9. The van der Waals surface area contributed by atoms with E-state index in [1.54, 1.807) is 7.11 Å². The largest absolute Gasteiger partial charge is 0.497 e. The Hall–Kier alpha value is -3.87. The summed E-state index contributed by atoms with van der Waals surface area (Å²) in [6.45, 7) is 0.490. The van der Waals surface area contributed by atoms with Crippen molar-refractivity contribution in [3.8, 4) is 17.6 Å². The zero-order valence-electron chi connectivity index (χ0n) is 18.5. The fourth-order valence-electron chi connectivity index (χ4n) is 3.82. The molecule has 0 aliphatic carbocycles. The van der Waals surface area contributed by atoms with Crippen LogP contribution in [0, 0.1) is 11.8 Å². The van der Waals surface area contributed by atoms with Crippen LogP contribution >= 0.6 is 0 Å². The van der Waals surface area contributed by atoms with Gasteiger partial charge < -0.3 is 4.74 Å². The van der Waals surface area contributed by atoms with Crippen LogP contribution in [-0.2, 0) is 12.2 Å². The van der Waals surface area contributed by atoms with Crippen LogP contribution < -0.4 is 10.1 Å². The van der Waals surface area contributed by atoms with Gasteiger partial charge in [0.2, 0.25) is 0 Å². The van der Waals surface area contributed by atoms with E-state index in [0.29, 0.717) is 23.4 Å². The number of methoxy groups -OCH3 is 1. The molecule has 1 atom stereocenters. The Morgan fingerprint density at radius 2 is 1.36 bits per heavy atom. The maximum absolute atomic E-state index is 17.3. The van der Waals surface area contributed by atoms with Crippen LogP contribution in [0.3, 0.4) is 0 Å². The van der Waals surface area contributed by atoms with Crippen molar-refractivity contribution >= 4 is 0 Å². The fourth-order valence-corrected chi connectivity index (χ4v) is 3.82. The number of hydrogen-bond donors (Lipinski definition) is 1. The minimum absolute atomic E-state index is 0.490. The highest BCUT2D eigenvalue weighted by molar-refractivity contribution is 5.45. The molecule has 0 spiro atoms. The van der Waals surface area contributed by atoms with Gasteiger partial charge in [-0.3, -0.25) is 5.32 Å². The van der Waals surface area contributed by atoms with Crippen molar-refractivity contribution in [1.29, 1.82) is 0 Å². The molecule has 4 rings (SSSR count). The maximum Gasteiger partial charge on any atom is 0.187 e. The van der Waals surface area contributed by atoms with Crippen molar-refractivity contribution in [2.45, 2.75) is 18.3 Å². The lowest BCUT2D eigenvalue weighted by molar-refractivity contribution is 0.180. The molecule has 0 aliphatic heterocycles. The first kappa shape index (κ1) is 22.3. The molecule has 0 heterocycles. The fraction of sp³-hybridized carbons (Fsp3) is 0.133. The van der Waals surface area contributed by atoms with E-state index < -0.39 is 11.7 Å². The highest BCUT2D eigenvalue weighted by Crippen LogP contribution is 2.37. The molecule has 4 aromatic carbocycles. The first-order chi connectivity index (χ1) is 16.2. The SMILES string of the molecule is COc1cccc(C#CC(NCc2ccccc2)C(F)(c2ccccc2)c2ccccc2)c1. The first-order valence-corrected chi connectivity index (χ1v) is 10.9. The van der Waals surface area contributed by atoms with Crippen LogP contribution in [0.5, 0.6) is 5.75 Å². The van der Waals surface area contributed by atoms with Gasteiger partial charge in [-0.1, -0.05) is 109 Å². The Labute approximate surface area is 195 Å². The number of hydrogen-bond acceptors (Lipinski definition) is 2. The van der Waals surface area contributed by atoms with Gasteiger partial charge in [0.25, 0.3) is 0 Å². The summed E-state index contributed by atoms with van der Waals surface area (Å²) in [6.07, 6.45) is 0. The van der Waals surface area contributed by atoms with E-state index in [9.17, 15) is 0 Å². The van der Waals surface area contributed by atoms with Crippen LogP contribution in [0.15, 0.2) is 115 Å². The minimum atomic E-state index is -1.86. The number of halogens is 1. The molecule has 0 bridgehead atoms. The van der Waals surface area contributed by atoms with E-state index in [0.717, 1.165) is 11.1 Å². The predicted octanol–water partition coefficient (Wildman–Crippen LogP) is 6.12. The Bertz CT molecular complexity index is 1170. The number of rotatable bonds is 7. The molecule has 4 aromatic rings. The van der Waals surface area contributed by atoms with Crippen LogP contribution in [0.4, 0.5) is 4.39 Å². The van der Waals surface area contributed by atoms with Crippen LogP contribution in [0.1, 0.15) is 22.3 Å². The molecule has 0 fully saturated rings. The van der Waals surface area contributed by atoms with Gasteiger partial charge >= 0.3 is 0 Å². The topological polar surface area (TPSA) is 21.3 Å². The van der Waals surface area contributed by atoms with Crippen molar-refractivity contribution < 1.29 is 9.13 Å². The smallest absolute Gasteiger partial charge is 0.187 e. The molecule has 0 saturated carbocycles. The summed E-state index contributed by atoms with van der Waals surface area (Å²) >= 11 is 0. The third-order valence-electron chi connectivity index (χ3n) is 5.57. The van der Waals surface area contributed by atoms with Gasteiger partial charge in [0.1, 0.15) is 11.8 Å². The molecule has 164 valence electrons. The molecule has 2 nitrogen and oxygen atoms in total. The molecule has 33 heavy (non-hydrogen) atoms. The standard InChI is InChI=1S/C30H26FNO/c1-33-28-19-11-14-24(22-28)20-21-29(32-23-25-12-5-2-6-13-25)30(31,26-15-7-3-8-16-26)27-17-9-4-10-18-27/h2-19,22,29,32H,23H2,1H3. The molecule has 0 aliphatic rings. The van der Waals surface area contributed by atoms with E-state index >= 15 is 4.39 Å². The normalized spacial score (nSPS) is 11.8. The van der Waals surface area contributed by atoms with Gasteiger partial charge in [-0.2, -0.15) is 0 Å². The van der Waals surface area contributed by atoms with Crippen molar-refractivity contribution in [2.75, 3.05) is 7.11 Å². The number of ether oxygens (including phenoxy) is 1. The second-order valence-electron chi connectivity index (χ2n) is 7.74. The van der Waals surface area contributed by atoms with Gasteiger partial charge in [-0.15, -0.1) is 0 Å². The second kappa shape index (κ2) is 10.6. The van der Waals surface area contributed by atoms with E-state index in [1.807, 2.05) is 115 Å².